The third-order valence-corrected chi connectivity index (χ3v) is 3.64. The van der Waals surface area contributed by atoms with Crippen LogP contribution in [0.4, 0.5) is 0 Å². The average molecular weight is 304 g/mol. The third kappa shape index (κ3) is 2.13. The van der Waals surface area contributed by atoms with Crippen LogP contribution in [0, 0.1) is 0 Å². The van der Waals surface area contributed by atoms with Gasteiger partial charge < -0.3 is 0 Å². The van der Waals surface area contributed by atoms with Crippen molar-refractivity contribution in [1.29, 1.82) is 0 Å². The molecule has 0 aliphatic carbocycles. The molecule has 0 radical (unpaired) electrons. The van der Waals surface area contributed by atoms with Crippen molar-refractivity contribution >= 4 is 23.4 Å². The number of halogens is 1. The molecule has 2 amide bonds. The summed E-state index contributed by atoms with van der Waals surface area (Å²) in [7, 11) is 1.47. The first kappa shape index (κ1) is 13.5. The highest BCUT2D eigenvalue weighted by molar-refractivity contribution is 6.30. The largest absolute Gasteiger partial charge is 0.270 e. The lowest BCUT2D eigenvalue weighted by molar-refractivity contribution is 0.0642. The maximum Gasteiger partial charge on any atom is 0.266 e. The average Bonchev–Trinajstić information content (AvgIpc) is 2.70. The van der Waals surface area contributed by atoms with E-state index in [0.29, 0.717) is 16.7 Å². The fourth-order valence-electron chi connectivity index (χ4n) is 2.21. The SMILES string of the molecule is Cn1nc(Cl)c(CN2C(=O)c3ccccc3C2=O)cc1=O. The van der Waals surface area contributed by atoms with Crippen molar-refractivity contribution < 1.29 is 9.59 Å². The summed E-state index contributed by atoms with van der Waals surface area (Å²) in [4.78, 5) is 37.1. The van der Waals surface area contributed by atoms with Gasteiger partial charge in [0.2, 0.25) is 0 Å². The molecule has 21 heavy (non-hydrogen) atoms. The van der Waals surface area contributed by atoms with Crippen LogP contribution in [0.15, 0.2) is 35.1 Å². The molecular weight excluding hydrogens is 294 g/mol. The highest BCUT2D eigenvalue weighted by Gasteiger charge is 2.35. The van der Waals surface area contributed by atoms with Gasteiger partial charge in [-0.2, -0.15) is 5.10 Å². The van der Waals surface area contributed by atoms with Crippen LogP contribution in [-0.4, -0.2) is 26.5 Å². The van der Waals surface area contributed by atoms with Gasteiger partial charge >= 0.3 is 0 Å². The minimum absolute atomic E-state index is 0.0751. The molecule has 1 aliphatic rings. The molecule has 1 aliphatic heterocycles. The van der Waals surface area contributed by atoms with E-state index in [-0.39, 0.29) is 17.3 Å². The maximum absolute atomic E-state index is 12.2. The van der Waals surface area contributed by atoms with Gasteiger partial charge in [-0.05, 0) is 12.1 Å². The Bertz CT molecular complexity index is 793. The zero-order chi connectivity index (χ0) is 15.1. The van der Waals surface area contributed by atoms with Gasteiger partial charge in [-0.25, -0.2) is 4.68 Å². The number of imide groups is 1. The van der Waals surface area contributed by atoms with E-state index in [1.54, 1.807) is 24.3 Å². The Kier molecular flexibility index (Phi) is 3.10. The first-order chi connectivity index (χ1) is 9.99. The van der Waals surface area contributed by atoms with Crippen molar-refractivity contribution in [3.8, 4) is 0 Å². The summed E-state index contributed by atoms with van der Waals surface area (Å²) < 4.78 is 1.09. The first-order valence-electron chi connectivity index (χ1n) is 6.17. The van der Waals surface area contributed by atoms with E-state index in [2.05, 4.69) is 5.10 Å². The smallest absolute Gasteiger partial charge is 0.266 e. The minimum atomic E-state index is -0.396. The molecule has 2 heterocycles. The van der Waals surface area contributed by atoms with Crippen LogP contribution < -0.4 is 5.56 Å². The summed E-state index contributed by atoms with van der Waals surface area (Å²) in [6.07, 6.45) is 0. The number of rotatable bonds is 2. The molecular formula is C14H10ClN3O3. The molecule has 0 bridgehead atoms. The summed E-state index contributed by atoms with van der Waals surface area (Å²) in [5, 5.41) is 3.93. The highest BCUT2D eigenvalue weighted by atomic mass is 35.5. The van der Waals surface area contributed by atoms with E-state index in [9.17, 15) is 14.4 Å². The van der Waals surface area contributed by atoms with E-state index in [1.807, 2.05) is 0 Å². The van der Waals surface area contributed by atoms with Crippen molar-refractivity contribution in [2.75, 3.05) is 0 Å². The van der Waals surface area contributed by atoms with E-state index in [1.165, 1.54) is 13.1 Å². The van der Waals surface area contributed by atoms with Gasteiger partial charge in [0.25, 0.3) is 17.4 Å². The van der Waals surface area contributed by atoms with E-state index >= 15 is 0 Å². The first-order valence-corrected chi connectivity index (χ1v) is 6.55. The molecule has 1 aromatic carbocycles. The highest BCUT2D eigenvalue weighted by Crippen LogP contribution is 2.25. The molecule has 0 fully saturated rings. The number of carbonyl (C=O) groups is 2. The minimum Gasteiger partial charge on any atom is -0.270 e. The molecule has 6 nitrogen and oxygen atoms in total. The lowest BCUT2D eigenvalue weighted by Crippen LogP contribution is -2.30. The topological polar surface area (TPSA) is 72.3 Å². The monoisotopic (exact) mass is 303 g/mol. The predicted molar refractivity (Wildman–Crippen MR) is 75.1 cm³/mol. The van der Waals surface area contributed by atoms with Crippen LogP contribution >= 0.6 is 11.6 Å². The second kappa shape index (κ2) is 4.82. The van der Waals surface area contributed by atoms with Gasteiger partial charge in [0.1, 0.15) is 0 Å². The normalized spacial score (nSPS) is 13.7. The molecule has 0 saturated carbocycles. The number of aryl methyl sites for hydroxylation is 1. The molecule has 0 saturated heterocycles. The molecule has 1 aromatic heterocycles. The van der Waals surface area contributed by atoms with Crippen molar-refractivity contribution in [3.63, 3.8) is 0 Å². The Morgan fingerprint density at radius 1 is 1.10 bits per heavy atom. The summed E-state index contributed by atoms with van der Waals surface area (Å²) in [5.41, 5.74) is 0.700. The van der Waals surface area contributed by atoms with Crippen molar-refractivity contribution in [2.24, 2.45) is 7.05 Å². The quantitative estimate of drug-likeness (QED) is 0.782. The predicted octanol–water partition coefficient (Wildman–Crippen LogP) is 1.23. The molecule has 2 aromatic rings. The van der Waals surface area contributed by atoms with E-state index in [4.69, 9.17) is 11.6 Å². The Balaban J connectivity index is 1.98. The summed E-state index contributed by atoms with van der Waals surface area (Å²) in [6, 6.07) is 7.86. The molecule has 3 rings (SSSR count). The van der Waals surface area contributed by atoms with Crippen LogP contribution in [0.1, 0.15) is 26.3 Å². The van der Waals surface area contributed by atoms with Gasteiger partial charge in [-0.3, -0.25) is 19.3 Å². The Morgan fingerprint density at radius 2 is 1.67 bits per heavy atom. The molecule has 0 unspecified atom stereocenters. The van der Waals surface area contributed by atoms with Crippen molar-refractivity contribution in [3.05, 3.63) is 62.5 Å². The zero-order valence-corrected chi connectivity index (χ0v) is 11.8. The number of hydrogen-bond acceptors (Lipinski definition) is 4. The number of benzene rings is 1. The molecule has 106 valence electrons. The zero-order valence-electron chi connectivity index (χ0n) is 11.0. The van der Waals surface area contributed by atoms with Gasteiger partial charge in [-0.15, -0.1) is 0 Å². The lowest BCUT2D eigenvalue weighted by atomic mass is 10.1. The van der Waals surface area contributed by atoms with Gasteiger partial charge in [-0.1, -0.05) is 23.7 Å². The third-order valence-electron chi connectivity index (χ3n) is 3.33. The lowest BCUT2D eigenvalue weighted by Gasteiger charge is -2.14. The standard InChI is InChI=1S/C14H10ClN3O3/c1-17-11(19)6-8(12(15)16-17)7-18-13(20)9-4-2-3-5-10(9)14(18)21/h2-6H,7H2,1H3. The summed E-state index contributed by atoms with van der Waals surface area (Å²) in [5.74, 6) is -0.792. The van der Waals surface area contributed by atoms with Gasteiger partial charge in [0.15, 0.2) is 5.15 Å². The van der Waals surface area contributed by atoms with E-state index in [0.717, 1.165) is 9.58 Å². The molecule has 0 N–H and O–H groups in total. The second-order valence-electron chi connectivity index (χ2n) is 4.66. The summed E-state index contributed by atoms with van der Waals surface area (Å²) >= 11 is 5.97. The fourth-order valence-corrected chi connectivity index (χ4v) is 2.44. The van der Waals surface area contributed by atoms with Gasteiger partial charge in [0, 0.05) is 18.7 Å². The van der Waals surface area contributed by atoms with Crippen molar-refractivity contribution in [2.45, 2.75) is 6.54 Å². The number of carbonyl (C=O) groups excluding carboxylic acids is 2. The van der Waals surface area contributed by atoms with Crippen molar-refractivity contribution in [1.82, 2.24) is 14.7 Å². The Morgan fingerprint density at radius 3 is 2.24 bits per heavy atom. The van der Waals surface area contributed by atoms with Crippen LogP contribution in [0.5, 0.6) is 0 Å². The number of nitrogens with zero attached hydrogens (tertiary/aromatic N) is 3. The number of fused-ring (bicyclic) bond motifs is 1. The number of aromatic nitrogens is 2. The Labute approximate surface area is 124 Å². The molecule has 7 heteroatoms. The maximum atomic E-state index is 12.2. The summed E-state index contributed by atoms with van der Waals surface area (Å²) in [6.45, 7) is -0.0751. The van der Waals surface area contributed by atoms with Crippen LogP contribution in [0.2, 0.25) is 5.15 Å². The number of hydrogen-bond donors (Lipinski definition) is 0. The molecule has 0 atom stereocenters. The van der Waals surface area contributed by atoms with Gasteiger partial charge in [0.05, 0.1) is 17.7 Å². The fraction of sp³-hybridized carbons (Fsp3) is 0.143. The van der Waals surface area contributed by atoms with Crippen LogP contribution in [0.3, 0.4) is 0 Å². The van der Waals surface area contributed by atoms with E-state index < -0.39 is 11.8 Å². The number of amides is 2. The van der Waals surface area contributed by atoms with Crippen LogP contribution in [-0.2, 0) is 13.6 Å². The molecule has 0 spiro atoms. The second-order valence-corrected chi connectivity index (χ2v) is 5.02. The van der Waals surface area contributed by atoms with Crippen LogP contribution in [0.25, 0.3) is 0 Å². The Hall–Kier alpha value is -2.47.